The van der Waals surface area contributed by atoms with Crippen LogP contribution < -0.4 is 0 Å². The van der Waals surface area contributed by atoms with Gasteiger partial charge in [-0.15, -0.1) is 0 Å². The summed E-state index contributed by atoms with van der Waals surface area (Å²) in [7, 11) is 1.48. The summed E-state index contributed by atoms with van der Waals surface area (Å²) in [5.41, 5.74) is -0.630. The van der Waals surface area contributed by atoms with Crippen LogP contribution in [0.2, 0.25) is 0 Å². The van der Waals surface area contributed by atoms with E-state index in [4.69, 9.17) is 4.74 Å². The van der Waals surface area contributed by atoms with E-state index in [9.17, 15) is 9.59 Å². The van der Waals surface area contributed by atoms with Crippen molar-refractivity contribution in [2.45, 2.75) is 32.0 Å². The first-order chi connectivity index (χ1) is 6.31. The van der Waals surface area contributed by atoms with Gasteiger partial charge in [-0.2, -0.15) is 0 Å². The smallest absolute Gasteiger partial charge is 0.164 e. The van der Waals surface area contributed by atoms with Gasteiger partial charge in [0, 0.05) is 18.9 Å². The van der Waals surface area contributed by atoms with Crippen molar-refractivity contribution in [2.24, 2.45) is 5.41 Å². The molecule has 0 aliphatic rings. The number of ether oxygens (including phenoxy) is 1. The van der Waals surface area contributed by atoms with Gasteiger partial charge in [-0.3, -0.25) is 9.59 Å². The normalized spacial score (nSPS) is 13.8. The monoisotopic (exact) mass is 264 g/mol. The Morgan fingerprint density at radius 2 is 1.93 bits per heavy atom. The number of alkyl halides is 1. The highest BCUT2D eigenvalue weighted by atomic mass is 79.9. The average Bonchev–Trinajstić information content (AvgIpc) is 2.03. The summed E-state index contributed by atoms with van der Waals surface area (Å²) in [5.74, 6) is 0.000882. The first-order valence-electron chi connectivity index (χ1n) is 4.50. The second kappa shape index (κ2) is 5.61. The van der Waals surface area contributed by atoms with Gasteiger partial charge < -0.3 is 4.74 Å². The molecule has 0 aliphatic heterocycles. The summed E-state index contributed by atoms with van der Waals surface area (Å²) in [6, 6.07) is 0. The highest BCUT2D eigenvalue weighted by molar-refractivity contribution is 9.10. The molecule has 14 heavy (non-hydrogen) atoms. The van der Waals surface area contributed by atoms with E-state index in [0.717, 1.165) is 0 Å². The Kier molecular flexibility index (Phi) is 5.52. The Labute approximate surface area is 93.3 Å². The molecule has 1 atom stereocenters. The standard InChI is InChI=1S/C10H17BrO3/c1-7(11)8(12)5-10(2,3)9(13)6-14-4/h7H,5-6H2,1-4H3. The highest BCUT2D eigenvalue weighted by Gasteiger charge is 2.30. The van der Waals surface area contributed by atoms with Crippen molar-refractivity contribution in [1.82, 2.24) is 0 Å². The predicted octanol–water partition coefficient (Wildman–Crippen LogP) is 1.97. The molecule has 0 radical (unpaired) electrons. The summed E-state index contributed by atoms with van der Waals surface area (Å²) in [6.07, 6.45) is 0.252. The van der Waals surface area contributed by atoms with E-state index in [0.29, 0.717) is 0 Å². The van der Waals surface area contributed by atoms with Gasteiger partial charge in [-0.05, 0) is 6.92 Å². The second-order valence-electron chi connectivity index (χ2n) is 4.00. The Hall–Kier alpha value is -0.220. The first kappa shape index (κ1) is 13.8. The van der Waals surface area contributed by atoms with Gasteiger partial charge >= 0.3 is 0 Å². The zero-order chi connectivity index (χ0) is 11.4. The first-order valence-corrected chi connectivity index (χ1v) is 5.42. The summed E-state index contributed by atoms with van der Waals surface area (Å²) in [5, 5.41) is 0. The summed E-state index contributed by atoms with van der Waals surface area (Å²) in [6.45, 7) is 5.36. The number of methoxy groups -OCH3 is 1. The molecule has 4 heteroatoms. The summed E-state index contributed by atoms with van der Waals surface area (Å²) in [4.78, 5) is 22.8. The average molecular weight is 265 g/mol. The molecule has 82 valence electrons. The fraction of sp³-hybridized carbons (Fsp3) is 0.800. The van der Waals surface area contributed by atoms with Gasteiger partial charge in [0.25, 0.3) is 0 Å². The number of carbonyl (C=O) groups is 2. The molecule has 0 bridgehead atoms. The number of halogens is 1. The lowest BCUT2D eigenvalue weighted by Crippen LogP contribution is -2.32. The Morgan fingerprint density at radius 1 is 1.43 bits per heavy atom. The lowest BCUT2D eigenvalue weighted by Gasteiger charge is -2.22. The second-order valence-corrected chi connectivity index (χ2v) is 5.37. The van der Waals surface area contributed by atoms with Gasteiger partial charge in [0.2, 0.25) is 0 Å². The van der Waals surface area contributed by atoms with Crippen LogP contribution in [-0.4, -0.2) is 30.1 Å². The molecule has 0 saturated carbocycles. The van der Waals surface area contributed by atoms with Crippen LogP contribution in [0.15, 0.2) is 0 Å². The molecule has 0 aromatic heterocycles. The molecule has 0 N–H and O–H groups in total. The molecule has 0 aliphatic carbocycles. The Bertz CT molecular complexity index is 221. The number of ketones is 2. The van der Waals surface area contributed by atoms with Crippen molar-refractivity contribution in [1.29, 1.82) is 0 Å². The fourth-order valence-electron chi connectivity index (χ4n) is 1.00. The molecular weight excluding hydrogens is 248 g/mol. The molecule has 0 fully saturated rings. The summed E-state index contributed by atoms with van der Waals surface area (Å²) >= 11 is 3.19. The van der Waals surface area contributed by atoms with Gasteiger partial charge in [-0.25, -0.2) is 0 Å². The van der Waals surface area contributed by atoms with E-state index in [1.54, 1.807) is 20.8 Å². The van der Waals surface area contributed by atoms with Crippen LogP contribution in [0.4, 0.5) is 0 Å². The van der Waals surface area contributed by atoms with Crippen LogP contribution in [0.25, 0.3) is 0 Å². The van der Waals surface area contributed by atoms with Crippen LogP contribution in [0.1, 0.15) is 27.2 Å². The van der Waals surface area contributed by atoms with Crippen LogP contribution in [0.3, 0.4) is 0 Å². The van der Waals surface area contributed by atoms with Crippen molar-refractivity contribution in [3.63, 3.8) is 0 Å². The van der Waals surface area contributed by atoms with Gasteiger partial charge in [-0.1, -0.05) is 29.8 Å². The highest BCUT2D eigenvalue weighted by Crippen LogP contribution is 2.24. The van der Waals surface area contributed by atoms with Crippen molar-refractivity contribution in [2.75, 3.05) is 13.7 Å². The van der Waals surface area contributed by atoms with Gasteiger partial charge in [0.1, 0.15) is 12.4 Å². The lowest BCUT2D eigenvalue weighted by atomic mass is 9.82. The topological polar surface area (TPSA) is 43.4 Å². The lowest BCUT2D eigenvalue weighted by molar-refractivity contribution is -0.134. The quantitative estimate of drug-likeness (QED) is 0.689. The molecule has 0 amide bonds. The zero-order valence-electron chi connectivity index (χ0n) is 9.09. The Morgan fingerprint density at radius 3 is 2.29 bits per heavy atom. The van der Waals surface area contributed by atoms with Crippen molar-refractivity contribution < 1.29 is 14.3 Å². The maximum atomic E-state index is 11.5. The molecule has 0 heterocycles. The van der Waals surface area contributed by atoms with Crippen molar-refractivity contribution in [3.05, 3.63) is 0 Å². The van der Waals surface area contributed by atoms with E-state index in [-0.39, 0.29) is 29.4 Å². The largest absolute Gasteiger partial charge is 0.377 e. The minimum absolute atomic E-state index is 0.0403. The zero-order valence-corrected chi connectivity index (χ0v) is 10.7. The number of hydrogen-bond donors (Lipinski definition) is 0. The number of rotatable bonds is 6. The van der Waals surface area contributed by atoms with Crippen molar-refractivity contribution >= 4 is 27.5 Å². The fourth-order valence-corrected chi connectivity index (χ4v) is 1.16. The maximum absolute atomic E-state index is 11.5. The van der Waals surface area contributed by atoms with E-state index in [1.165, 1.54) is 7.11 Å². The van der Waals surface area contributed by atoms with E-state index in [2.05, 4.69) is 15.9 Å². The maximum Gasteiger partial charge on any atom is 0.164 e. The van der Waals surface area contributed by atoms with E-state index < -0.39 is 5.41 Å². The van der Waals surface area contributed by atoms with Gasteiger partial charge in [0.15, 0.2) is 5.78 Å². The minimum Gasteiger partial charge on any atom is -0.377 e. The molecule has 0 aromatic carbocycles. The van der Waals surface area contributed by atoms with Gasteiger partial charge in [0.05, 0.1) is 4.83 Å². The van der Waals surface area contributed by atoms with Crippen molar-refractivity contribution in [3.8, 4) is 0 Å². The Balaban J connectivity index is 4.33. The molecular formula is C10H17BrO3. The molecule has 1 unspecified atom stereocenters. The molecule has 3 nitrogen and oxygen atoms in total. The third kappa shape index (κ3) is 4.33. The predicted molar refractivity (Wildman–Crippen MR) is 58.7 cm³/mol. The SMILES string of the molecule is COCC(=O)C(C)(C)CC(=O)C(C)Br. The molecule has 0 rings (SSSR count). The molecule has 0 aromatic rings. The minimum atomic E-state index is -0.630. The third-order valence-corrected chi connectivity index (χ3v) is 2.60. The number of hydrogen-bond acceptors (Lipinski definition) is 3. The van der Waals surface area contributed by atoms with E-state index in [1.807, 2.05) is 0 Å². The summed E-state index contributed by atoms with van der Waals surface area (Å²) < 4.78 is 4.76. The van der Waals surface area contributed by atoms with Crippen LogP contribution in [-0.2, 0) is 14.3 Å². The van der Waals surface area contributed by atoms with Crippen LogP contribution in [0, 0.1) is 5.41 Å². The van der Waals surface area contributed by atoms with Crippen LogP contribution >= 0.6 is 15.9 Å². The number of Topliss-reactive ketones (excluding diaryl/α,β-unsaturated/α-hetero) is 2. The molecule has 0 saturated heterocycles. The molecule has 0 spiro atoms. The number of carbonyl (C=O) groups excluding carboxylic acids is 2. The third-order valence-electron chi connectivity index (χ3n) is 2.09. The van der Waals surface area contributed by atoms with E-state index >= 15 is 0 Å². The van der Waals surface area contributed by atoms with Crippen LogP contribution in [0.5, 0.6) is 0 Å².